The Bertz CT molecular complexity index is 595. The van der Waals surface area contributed by atoms with E-state index in [9.17, 15) is 13.2 Å². The number of halogens is 3. The summed E-state index contributed by atoms with van der Waals surface area (Å²) in [5, 5.41) is 3.60. The fourth-order valence-corrected chi connectivity index (χ4v) is 2.37. The minimum absolute atomic E-state index is 0.0885. The maximum absolute atomic E-state index is 12.6. The van der Waals surface area contributed by atoms with Crippen molar-refractivity contribution in [1.29, 1.82) is 0 Å². The molecule has 0 spiro atoms. The van der Waals surface area contributed by atoms with Gasteiger partial charge in [-0.2, -0.15) is 13.2 Å². The fourth-order valence-electron chi connectivity index (χ4n) is 1.57. The first-order valence-corrected chi connectivity index (χ1v) is 6.72. The Kier molecular flexibility index (Phi) is 4.12. The van der Waals surface area contributed by atoms with Crippen molar-refractivity contribution in [2.75, 3.05) is 11.1 Å². The zero-order chi connectivity index (χ0) is 14.8. The lowest BCUT2D eigenvalue weighted by molar-refractivity contribution is -0.137. The van der Waals surface area contributed by atoms with E-state index in [0.29, 0.717) is 6.54 Å². The third kappa shape index (κ3) is 3.60. The van der Waals surface area contributed by atoms with Crippen LogP contribution in [0.2, 0.25) is 0 Å². The van der Waals surface area contributed by atoms with Crippen LogP contribution in [0, 0.1) is 0 Å². The van der Waals surface area contributed by atoms with Crippen LogP contribution in [-0.2, 0) is 19.1 Å². The molecular weight excluding hydrogens is 289 g/mol. The van der Waals surface area contributed by atoms with Gasteiger partial charge in [0.1, 0.15) is 16.6 Å². The first-order chi connectivity index (χ1) is 9.38. The monoisotopic (exact) mass is 302 g/mol. The van der Waals surface area contributed by atoms with E-state index in [4.69, 9.17) is 5.73 Å². The minimum atomic E-state index is -4.44. The first-order valence-electron chi connectivity index (χ1n) is 5.90. The van der Waals surface area contributed by atoms with Crippen molar-refractivity contribution >= 4 is 23.0 Å². The van der Waals surface area contributed by atoms with Gasteiger partial charge >= 0.3 is 6.18 Å². The lowest BCUT2D eigenvalue weighted by Gasteiger charge is -2.10. The highest BCUT2D eigenvalue weighted by Crippen LogP contribution is 2.31. The first kappa shape index (κ1) is 14.6. The van der Waals surface area contributed by atoms with E-state index in [0.717, 1.165) is 28.4 Å². The van der Waals surface area contributed by atoms with Crippen LogP contribution in [0.15, 0.2) is 18.3 Å². The largest absolute Gasteiger partial charge is 0.416 e. The molecular formula is C12H13F3N4S. The van der Waals surface area contributed by atoms with Gasteiger partial charge in [-0.1, -0.05) is 6.92 Å². The average Bonchev–Trinajstić information content (AvgIpc) is 2.82. The molecule has 4 nitrogen and oxygen atoms in total. The van der Waals surface area contributed by atoms with E-state index in [1.807, 2.05) is 6.92 Å². The summed E-state index contributed by atoms with van der Waals surface area (Å²) in [5.41, 5.74) is 4.57. The number of nitrogens with zero attached hydrogens (tertiary/aromatic N) is 2. The van der Waals surface area contributed by atoms with E-state index < -0.39 is 11.7 Å². The summed E-state index contributed by atoms with van der Waals surface area (Å²) in [4.78, 5) is 9.13. The number of nitrogens with one attached hydrogen (secondary N) is 1. The van der Waals surface area contributed by atoms with E-state index >= 15 is 0 Å². The predicted molar refractivity (Wildman–Crippen MR) is 72.5 cm³/mol. The van der Waals surface area contributed by atoms with Gasteiger partial charge in [-0.05, 0) is 18.6 Å². The summed E-state index contributed by atoms with van der Waals surface area (Å²) in [6.45, 7) is 2.33. The molecule has 20 heavy (non-hydrogen) atoms. The number of aromatic nitrogens is 2. The van der Waals surface area contributed by atoms with Gasteiger partial charge in [0.25, 0.3) is 0 Å². The summed E-state index contributed by atoms with van der Waals surface area (Å²) in [6.07, 6.45) is -1.80. The number of pyridine rings is 1. The summed E-state index contributed by atoms with van der Waals surface area (Å²) in [5.74, 6) is -0.0821. The zero-order valence-corrected chi connectivity index (χ0v) is 11.5. The van der Waals surface area contributed by atoms with Crippen molar-refractivity contribution in [2.24, 2.45) is 0 Å². The van der Waals surface area contributed by atoms with Crippen LogP contribution in [0.4, 0.5) is 24.8 Å². The molecule has 0 aliphatic heterocycles. The van der Waals surface area contributed by atoms with Crippen LogP contribution in [0.5, 0.6) is 0 Å². The Labute approximate surface area is 117 Å². The molecule has 0 amide bonds. The molecule has 2 aromatic rings. The van der Waals surface area contributed by atoms with Gasteiger partial charge in [-0.3, -0.25) is 0 Å². The highest BCUT2D eigenvalue weighted by molar-refractivity contribution is 7.11. The number of anilines is 2. The standard InChI is InChI=1S/C12H13F3N4S/c1-2-8-5-18-11(20-8)6-17-10-4-7(12(13,14)15)3-9(16)19-10/h3-5H,2,6H2,1H3,(H3,16,17,19). The van der Waals surface area contributed by atoms with Gasteiger partial charge in [0.2, 0.25) is 0 Å². The van der Waals surface area contributed by atoms with Crippen molar-refractivity contribution < 1.29 is 13.2 Å². The normalized spacial score (nSPS) is 11.6. The second-order valence-corrected chi connectivity index (χ2v) is 5.29. The third-order valence-electron chi connectivity index (χ3n) is 2.54. The maximum atomic E-state index is 12.6. The van der Waals surface area contributed by atoms with Crippen LogP contribution in [0.1, 0.15) is 22.4 Å². The average molecular weight is 302 g/mol. The Morgan fingerprint density at radius 2 is 2.10 bits per heavy atom. The summed E-state index contributed by atoms with van der Waals surface area (Å²) < 4.78 is 37.9. The Balaban J connectivity index is 2.11. The van der Waals surface area contributed by atoms with Gasteiger partial charge in [0, 0.05) is 11.1 Å². The molecule has 3 N–H and O–H groups in total. The lowest BCUT2D eigenvalue weighted by Crippen LogP contribution is -2.09. The fraction of sp³-hybridized carbons (Fsp3) is 0.333. The molecule has 0 fully saturated rings. The summed E-state index contributed by atoms with van der Waals surface area (Å²) in [6, 6.07) is 1.74. The minimum Gasteiger partial charge on any atom is -0.384 e. The van der Waals surface area contributed by atoms with Crippen molar-refractivity contribution in [3.63, 3.8) is 0 Å². The third-order valence-corrected chi connectivity index (χ3v) is 3.68. The molecule has 0 aliphatic rings. The van der Waals surface area contributed by atoms with Crippen molar-refractivity contribution in [3.05, 3.63) is 33.8 Å². The Morgan fingerprint density at radius 1 is 1.35 bits per heavy atom. The van der Waals surface area contributed by atoms with Crippen LogP contribution < -0.4 is 11.1 Å². The molecule has 0 saturated carbocycles. The highest BCUT2D eigenvalue weighted by atomic mass is 32.1. The molecule has 0 unspecified atom stereocenters. The smallest absolute Gasteiger partial charge is 0.384 e. The molecule has 0 saturated heterocycles. The highest BCUT2D eigenvalue weighted by Gasteiger charge is 2.31. The van der Waals surface area contributed by atoms with Crippen molar-refractivity contribution in [3.8, 4) is 0 Å². The number of rotatable bonds is 4. The number of nitrogens with two attached hydrogens (primary N) is 1. The molecule has 0 aliphatic carbocycles. The number of aryl methyl sites for hydroxylation is 1. The summed E-state index contributed by atoms with van der Waals surface area (Å²) in [7, 11) is 0. The zero-order valence-electron chi connectivity index (χ0n) is 10.7. The number of alkyl halides is 3. The molecule has 108 valence electrons. The number of nitrogen functional groups attached to an aromatic ring is 1. The molecule has 0 atom stereocenters. The predicted octanol–water partition coefficient (Wildman–Crippen LogP) is 3.31. The lowest BCUT2D eigenvalue weighted by atomic mass is 10.2. The van der Waals surface area contributed by atoms with Gasteiger partial charge in [-0.25, -0.2) is 9.97 Å². The molecule has 0 aromatic carbocycles. The van der Waals surface area contributed by atoms with E-state index in [2.05, 4.69) is 15.3 Å². The maximum Gasteiger partial charge on any atom is 0.416 e. The van der Waals surface area contributed by atoms with Crippen molar-refractivity contribution in [1.82, 2.24) is 9.97 Å². The van der Waals surface area contributed by atoms with E-state index in [-0.39, 0.29) is 11.6 Å². The molecule has 0 radical (unpaired) electrons. The second-order valence-electron chi connectivity index (χ2n) is 4.09. The Morgan fingerprint density at radius 3 is 2.70 bits per heavy atom. The number of hydrogen-bond acceptors (Lipinski definition) is 5. The Hall–Kier alpha value is -1.83. The van der Waals surface area contributed by atoms with Gasteiger partial charge in [-0.15, -0.1) is 11.3 Å². The van der Waals surface area contributed by atoms with E-state index in [1.165, 1.54) is 11.3 Å². The number of hydrogen-bond donors (Lipinski definition) is 2. The molecule has 2 aromatic heterocycles. The quantitative estimate of drug-likeness (QED) is 0.909. The van der Waals surface area contributed by atoms with Crippen molar-refractivity contribution in [2.45, 2.75) is 26.1 Å². The van der Waals surface area contributed by atoms with Crippen LogP contribution in [-0.4, -0.2) is 9.97 Å². The van der Waals surface area contributed by atoms with Crippen LogP contribution in [0.3, 0.4) is 0 Å². The number of thiazole rings is 1. The molecule has 2 rings (SSSR count). The van der Waals surface area contributed by atoms with Crippen LogP contribution in [0.25, 0.3) is 0 Å². The molecule has 8 heteroatoms. The van der Waals surface area contributed by atoms with Gasteiger partial charge < -0.3 is 11.1 Å². The topological polar surface area (TPSA) is 63.8 Å². The second kappa shape index (κ2) is 5.66. The van der Waals surface area contributed by atoms with Gasteiger partial charge in [0.15, 0.2) is 0 Å². The van der Waals surface area contributed by atoms with Gasteiger partial charge in [0.05, 0.1) is 12.1 Å². The SMILES string of the molecule is CCc1cnc(CNc2cc(C(F)(F)F)cc(N)n2)s1. The molecule has 0 bridgehead atoms. The molecule has 2 heterocycles. The van der Waals surface area contributed by atoms with E-state index in [1.54, 1.807) is 6.20 Å². The van der Waals surface area contributed by atoms with Crippen LogP contribution >= 0.6 is 11.3 Å². The summed E-state index contributed by atoms with van der Waals surface area (Å²) >= 11 is 1.51.